The monoisotopic (exact) mass is 272 g/mol. The van der Waals surface area contributed by atoms with E-state index in [0.717, 1.165) is 0 Å². The molecular weight excluding hydrogens is 260 g/mol. The second kappa shape index (κ2) is 5.21. The van der Waals surface area contributed by atoms with Crippen LogP contribution in [0.15, 0.2) is 0 Å². The molecule has 0 aromatic carbocycles. The third-order valence-electron chi connectivity index (χ3n) is 2.40. The lowest BCUT2D eigenvalue weighted by atomic mass is 10.3. The van der Waals surface area contributed by atoms with Gasteiger partial charge in [-0.15, -0.1) is 5.10 Å². The largest absolute Gasteiger partial charge is 0.480 e. The van der Waals surface area contributed by atoms with Crippen LogP contribution in [0.25, 0.3) is 0 Å². The highest BCUT2D eigenvalue weighted by molar-refractivity contribution is 7.99. The third kappa shape index (κ3) is 2.70. The summed E-state index contributed by atoms with van der Waals surface area (Å²) in [6.45, 7) is 0.383. The summed E-state index contributed by atoms with van der Waals surface area (Å²) in [5.74, 6) is 0.149. The van der Waals surface area contributed by atoms with E-state index in [2.05, 4.69) is 20.7 Å². The van der Waals surface area contributed by atoms with Crippen LogP contribution in [0.1, 0.15) is 0 Å². The van der Waals surface area contributed by atoms with E-state index in [9.17, 15) is 9.59 Å². The van der Waals surface area contributed by atoms with E-state index < -0.39 is 18.0 Å². The summed E-state index contributed by atoms with van der Waals surface area (Å²) >= 11 is 1.51. The Bertz CT molecular complexity index is 463. The molecule has 2 heterocycles. The highest BCUT2D eigenvalue weighted by Gasteiger charge is 2.32. The van der Waals surface area contributed by atoms with Crippen molar-refractivity contribution in [3.05, 3.63) is 0 Å². The lowest BCUT2D eigenvalue weighted by Crippen LogP contribution is -2.51. The van der Waals surface area contributed by atoms with Crippen molar-refractivity contribution in [3.8, 4) is 0 Å². The molecule has 1 unspecified atom stereocenters. The number of amides is 2. The molecule has 1 saturated heterocycles. The first-order valence-corrected chi connectivity index (χ1v) is 6.35. The molecule has 18 heavy (non-hydrogen) atoms. The minimum absolute atomic E-state index is 0.0601. The van der Waals surface area contributed by atoms with E-state index in [0.29, 0.717) is 18.1 Å². The van der Waals surface area contributed by atoms with Crippen molar-refractivity contribution in [2.24, 2.45) is 7.05 Å². The van der Waals surface area contributed by atoms with Gasteiger partial charge in [0.2, 0.25) is 0 Å². The van der Waals surface area contributed by atoms with Gasteiger partial charge in [0.1, 0.15) is 6.04 Å². The molecule has 98 valence electrons. The van der Waals surface area contributed by atoms with Gasteiger partial charge >= 0.3 is 12.0 Å². The number of aromatic nitrogens is 4. The first kappa shape index (κ1) is 12.6. The van der Waals surface area contributed by atoms with Crippen molar-refractivity contribution < 1.29 is 14.7 Å². The smallest absolute Gasteiger partial charge is 0.327 e. The summed E-state index contributed by atoms with van der Waals surface area (Å²) in [4.78, 5) is 25.4. The number of aryl methyl sites for hydroxylation is 1. The van der Waals surface area contributed by atoms with Crippen molar-refractivity contribution in [3.63, 3.8) is 0 Å². The highest BCUT2D eigenvalue weighted by Crippen LogP contribution is 2.17. The second-order valence-electron chi connectivity index (χ2n) is 3.65. The molecule has 0 bridgehead atoms. The molecule has 0 aliphatic carbocycles. The number of carbonyl (C=O) groups excluding carboxylic acids is 1. The number of anilines is 1. The maximum Gasteiger partial charge on any atom is 0.327 e. The fourth-order valence-electron chi connectivity index (χ4n) is 1.55. The number of carbonyl (C=O) groups is 2. The summed E-state index contributed by atoms with van der Waals surface area (Å²) in [5.41, 5.74) is 0. The van der Waals surface area contributed by atoms with E-state index in [-0.39, 0.29) is 5.95 Å². The molecular formula is C8H12N6O3S. The zero-order valence-electron chi connectivity index (χ0n) is 9.61. The minimum atomic E-state index is -1.01. The minimum Gasteiger partial charge on any atom is -0.480 e. The number of thioether (sulfide) groups is 1. The van der Waals surface area contributed by atoms with Crippen LogP contribution in [0.5, 0.6) is 0 Å². The van der Waals surface area contributed by atoms with Crippen molar-refractivity contribution in [2.75, 3.05) is 23.4 Å². The summed E-state index contributed by atoms with van der Waals surface area (Å²) in [7, 11) is 1.57. The maximum atomic E-state index is 11.9. The van der Waals surface area contributed by atoms with Crippen LogP contribution in [0.3, 0.4) is 0 Å². The molecule has 1 aromatic heterocycles. The average molecular weight is 272 g/mol. The normalized spacial score (nSPS) is 19.6. The van der Waals surface area contributed by atoms with Crippen LogP contribution in [0.2, 0.25) is 0 Å². The predicted octanol–water partition coefficient (Wildman–Crippen LogP) is -0.756. The van der Waals surface area contributed by atoms with Crippen molar-refractivity contribution in [2.45, 2.75) is 6.04 Å². The highest BCUT2D eigenvalue weighted by atomic mass is 32.2. The number of aliphatic carboxylic acids is 1. The van der Waals surface area contributed by atoms with Gasteiger partial charge in [-0.1, -0.05) is 5.10 Å². The first-order valence-electron chi connectivity index (χ1n) is 5.20. The lowest BCUT2D eigenvalue weighted by molar-refractivity contribution is -0.141. The average Bonchev–Trinajstić information content (AvgIpc) is 2.74. The number of carboxylic acids is 1. The third-order valence-corrected chi connectivity index (χ3v) is 3.42. The molecule has 2 rings (SSSR count). The molecule has 1 aliphatic rings. The fraction of sp³-hybridized carbons (Fsp3) is 0.625. The topological polar surface area (TPSA) is 113 Å². The second-order valence-corrected chi connectivity index (χ2v) is 4.80. The van der Waals surface area contributed by atoms with E-state index in [1.165, 1.54) is 21.5 Å². The van der Waals surface area contributed by atoms with Crippen LogP contribution < -0.4 is 5.32 Å². The number of carboxylic acid groups (broad SMARTS) is 1. The molecule has 10 heteroatoms. The Morgan fingerprint density at radius 1 is 1.56 bits per heavy atom. The van der Waals surface area contributed by atoms with Gasteiger partial charge in [-0.3, -0.25) is 5.32 Å². The van der Waals surface area contributed by atoms with Gasteiger partial charge in [0.05, 0.1) is 7.05 Å². The quantitative estimate of drug-likeness (QED) is 0.727. The number of nitrogens with zero attached hydrogens (tertiary/aromatic N) is 5. The zero-order valence-corrected chi connectivity index (χ0v) is 10.4. The Morgan fingerprint density at radius 2 is 2.33 bits per heavy atom. The zero-order chi connectivity index (χ0) is 13.1. The Labute approximate surface area is 107 Å². The van der Waals surface area contributed by atoms with Crippen LogP contribution in [0, 0.1) is 0 Å². The van der Waals surface area contributed by atoms with Crippen molar-refractivity contribution >= 4 is 29.7 Å². The number of rotatable bonds is 2. The maximum absolute atomic E-state index is 11.9. The van der Waals surface area contributed by atoms with Gasteiger partial charge < -0.3 is 10.0 Å². The molecule has 1 aliphatic heterocycles. The van der Waals surface area contributed by atoms with Crippen LogP contribution >= 0.6 is 11.8 Å². The van der Waals surface area contributed by atoms with Gasteiger partial charge in [0.15, 0.2) is 0 Å². The van der Waals surface area contributed by atoms with E-state index in [4.69, 9.17) is 5.11 Å². The SMILES string of the molecule is Cn1nnc(NC(=O)N2CCSCC2C(=O)O)n1. The van der Waals surface area contributed by atoms with Gasteiger partial charge in [-0.25, -0.2) is 9.59 Å². The molecule has 0 radical (unpaired) electrons. The Balaban J connectivity index is 2.04. The number of urea groups is 1. The van der Waals surface area contributed by atoms with Gasteiger partial charge in [0, 0.05) is 18.1 Å². The fourth-order valence-corrected chi connectivity index (χ4v) is 2.59. The molecule has 1 aromatic rings. The van der Waals surface area contributed by atoms with E-state index in [1.54, 1.807) is 7.05 Å². The molecule has 0 saturated carbocycles. The van der Waals surface area contributed by atoms with Gasteiger partial charge in [0.25, 0.3) is 5.95 Å². The number of tetrazole rings is 1. The van der Waals surface area contributed by atoms with Gasteiger partial charge in [-0.2, -0.15) is 16.6 Å². The molecule has 2 N–H and O–H groups in total. The Kier molecular flexibility index (Phi) is 3.65. The number of hydrogen-bond acceptors (Lipinski definition) is 6. The van der Waals surface area contributed by atoms with Crippen molar-refractivity contribution in [1.29, 1.82) is 0 Å². The summed E-state index contributed by atoms with van der Waals surface area (Å²) < 4.78 is 0. The summed E-state index contributed by atoms with van der Waals surface area (Å²) in [6, 6.07) is -1.34. The summed E-state index contributed by atoms with van der Waals surface area (Å²) in [6.07, 6.45) is 0. The lowest BCUT2D eigenvalue weighted by Gasteiger charge is -2.31. The number of hydrogen-bond donors (Lipinski definition) is 2. The molecule has 1 fully saturated rings. The molecule has 9 nitrogen and oxygen atoms in total. The number of nitrogens with one attached hydrogen (secondary N) is 1. The van der Waals surface area contributed by atoms with Crippen LogP contribution in [-0.4, -0.2) is 66.3 Å². The van der Waals surface area contributed by atoms with E-state index >= 15 is 0 Å². The molecule has 2 amide bonds. The summed E-state index contributed by atoms with van der Waals surface area (Å²) in [5, 5.41) is 22.5. The predicted molar refractivity (Wildman–Crippen MR) is 63.3 cm³/mol. The first-order chi connectivity index (χ1) is 8.58. The Morgan fingerprint density at radius 3 is 2.94 bits per heavy atom. The molecule has 1 atom stereocenters. The van der Waals surface area contributed by atoms with Crippen LogP contribution in [-0.2, 0) is 11.8 Å². The van der Waals surface area contributed by atoms with E-state index in [1.807, 2.05) is 0 Å². The molecule has 0 spiro atoms. The standard InChI is InChI=1S/C8H12N6O3S/c1-13-11-7(10-12-13)9-8(17)14-2-3-18-4-5(14)6(15)16/h5H,2-4H2,1H3,(H,15,16)(H,9,11,17). The van der Waals surface area contributed by atoms with Crippen LogP contribution in [0.4, 0.5) is 10.7 Å². The Hall–Kier alpha value is -1.84. The van der Waals surface area contributed by atoms with Crippen molar-refractivity contribution in [1.82, 2.24) is 25.1 Å². The van der Waals surface area contributed by atoms with Gasteiger partial charge in [-0.05, 0) is 5.21 Å².